The highest BCUT2D eigenvalue weighted by atomic mass is 35.5. The Morgan fingerprint density at radius 3 is 2.64 bits per heavy atom. The number of aryl methyl sites for hydroxylation is 1. The van der Waals surface area contributed by atoms with Crippen molar-refractivity contribution < 1.29 is 9.15 Å². The van der Waals surface area contributed by atoms with Gasteiger partial charge >= 0.3 is 0 Å². The van der Waals surface area contributed by atoms with Crippen LogP contribution in [-0.4, -0.2) is 4.98 Å². The van der Waals surface area contributed by atoms with Crippen LogP contribution >= 0.6 is 23.2 Å². The number of hydrogen-bond donors (Lipinski definition) is 0. The van der Waals surface area contributed by atoms with Crippen LogP contribution in [0, 0.1) is 6.92 Å². The molecule has 0 spiro atoms. The van der Waals surface area contributed by atoms with Crippen molar-refractivity contribution in [2.24, 2.45) is 0 Å². The van der Waals surface area contributed by atoms with Crippen LogP contribution in [0.4, 0.5) is 0 Å². The molecule has 0 aliphatic rings. The molecule has 3 aromatic rings. The molecule has 22 heavy (non-hydrogen) atoms. The molecule has 1 aromatic heterocycles. The lowest BCUT2D eigenvalue weighted by Crippen LogP contribution is -1.98. The van der Waals surface area contributed by atoms with E-state index in [0.717, 1.165) is 17.0 Å². The first-order valence-corrected chi connectivity index (χ1v) is 7.48. The Morgan fingerprint density at radius 2 is 1.86 bits per heavy atom. The topological polar surface area (TPSA) is 35.3 Å². The minimum Gasteiger partial charge on any atom is -0.486 e. The van der Waals surface area contributed by atoms with E-state index < -0.39 is 0 Å². The van der Waals surface area contributed by atoms with Gasteiger partial charge in [0.05, 0.1) is 5.02 Å². The van der Waals surface area contributed by atoms with Crippen LogP contribution in [0.1, 0.15) is 11.5 Å². The molecule has 0 saturated heterocycles. The van der Waals surface area contributed by atoms with Gasteiger partial charge in [-0.15, -0.1) is 0 Å². The van der Waals surface area contributed by atoms with Crippen LogP contribution in [0.5, 0.6) is 5.75 Å². The summed E-state index contributed by atoms with van der Waals surface area (Å²) in [7, 11) is 0. The molecule has 0 bridgehead atoms. The SMILES string of the molecule is Cc1oc(-c2ccccc2)nc1COc1cc(Cl)ccc1Cl. The van der Waals surface area contributed by atoms with Crippen molar-refractivity contribution >= 4 is 23.2 Å². The zero-order chi connectivity index (χ0) is 15.5. The highest BCUT2D eigenvalue weighted by Gasteiger charge is 2.12. The molecule has 0 N–H and O–H groups in total. The number of ether oxygens (including phenoxy) is 1. The smallest absolute Gasteiger partial charge is 0.226 e. The van der Waals surface area contributed by atoms with Crippen LogP contribution in [0.3, 0.4) is 0 Å². The molecule has 3 nitrogen and oxygen atoms in total. The molecule has 5 heteroatoms. The summed E-state index contributed by atoms with van der Waals surface area (Å²) >= 11 is 12.0. The molecule has 3 rings (SSSR count). The summed E-state index contributed by atoms with van der Waals surface area (Å²) in [5.41, 5.74) is 1.66. The summed E-state index contributed by atoms with van der Waals surface area (Å²) in [4.78, 5) is 4.48. The van der Waals surface area contributed by atoms with Crippen molar-refractivity contribution in [3.05, 3.63) is 70.0 Å². The Bertz CT molecular complexity index is 785. The summed E-state index contributed by atoms with van der Waals surface area (Å²) in [6.07, 6.45) is 0. The first-order valence-electron chi connectivity index (χ1n) is 6.73. The Balaban J connectivity index is 1.79. The van der Waals surface area contributed by atoms with Gasteiger partial charge in [-0.05, 0) is 31.2 Å². The third kappa shape index (κ3) is 3.26. The maximum atomic E-state index is 6.08. The lowest BCUT2D eigenvalue weighted by Gasteiger charge is -2.06. The van der Waals surface area contributed by atoms with Crippen molar-refractivity contribution in [3.63, 3.8) is 0 Å². The standard InChI is InChI=1S/C17H13Cl2NO2/c1-11-15(10-21-16-9-13(18)7-8-14(16)19)20-17(22-11)12-5-3-2-4-6-12/h2-9H,10H2,1H3. The molecule has 0 atom stereocenters. The summed E-state index contributed by atoms with van der Waals surface area (Å²) in [5.74, 6) is 1.82. The molecule has 0 aliphatic heterocycles. The van der Waals surface area contributed by atoms with Crippen LogP contribution in [0.25, 0.3) is 11.5 Å². The van der Waals surface area contributed by atoms with Gasteiger partial charge < -0.3 is 9.15 Å². The van der Waals surface area contributed by atoms with Gasteiger partial charge in [0.15, 0.2) is 0 Å². The number of oxazole rings is 1. The van der Waals surface area contributed by atoms with Crippen LogP contribution in [0.15, 0.2) is 52.9 Å². The quantitative estimate of drug-likeness (QED) is 0.629. The third-order valence-corrected chi connectivity index (χ3v) is 3.72. The van der Waals surface area contributed by atoms with Crippen molar-refractivity contribution in [2.45, 2.75) is 13.5 Å². The zero-order valence-electron chi connectivity index (χ0n) is 11.8. The van der Waals surface area contributed by atoms with Crippen LogP contribution < -0.4 is 4.74 Å². The van der Waals surface area contributed by atoms with E-state index in [1.54, 1.807) is 18.2 Å². The average Bonchev–Trinajstić information content (AvgIpc) is 2.90. The predicted octanol–water partition coefficient (Wildman–Crippen LogP) is 5.54. The molecule has 112 valence electrons. The van der Waals surface area contributed by atoms with E-state index in [1.165, 1.54) is 0 Å². The molecular weight excluding hydrogens is 321 g/mol. The summed E-state index contributed by atoms with van der Waals surface area (Å²) in [5, 5.41) is 1.08. The Labute approximate surface area is 138 Å². The molecule has 1 heterocycles. The highest BCUT2D eigenvalue weighted by Crippen LogP contribution is 2.29. The molecule has 0 aliphatic carbocycles. The average molecular weight is 334 g/mol. The lowest BCUT2D eigenvalue weighted by atomic mass is 10.2. The monoisotopic (exact) mass is 333 g/mol. The van der Waals surface area contributed by atoms with Crippen molar-refractivity contribution in [1.29, 1.82) is 0 Å². The van der Waals surface area contributed by atoms with E-state index in [2.05, 4.69) is 4.98 Å². The van der Waals surface area contributed by atoms with E-state index in [4.69, 9.17) is 32.4 Å². The van der Waals surface area contributed by atoms with Gasteiger partial charge in [0.2, 0.25) is 5.89 Å². The minimum atomic E-state index is 0.266. The fourth-order valence-electron chi connectivity index (χ4n) is 2.00. The van der Waals surface area contributed by atoms with Crippen molar-refractivity contribution in [3.8, 4) is 17.2 Å². The normalized spacial score (nSPS) is 10.7. The van der Waals surface area contributed by atoms with Gasteiger partial charge in [-0.25, -0.2) is 4.98 Å². The Kier molecular flexibility index (Phi) is 4.36. The van der Waals surface area contributed by atoms with Gasteiger partial charge in [-0.2, -0.15) is 0 Å². The first kappa shape index (κ1) is 14.9. The molecule has 0 amide bonds. The minimum absolute atomic E-state index is 0.266. The predicted molar refractivity (Wildman–Crippen MR) is 87.5 cm³/mol. The van der Waals surface area contributed by atoms with Crippen molar-refractivity contribution in [2.75, 3.05) is 0 Å². The highest BCUT2D eigenvalue weighted by molar-refractivity contribution is 6.34. The first-order chi connectivity index (χ1) is 10.6. The largest absolute Gasteiger partial charge is 0.486 e. The van der Waals surface area contributed by atoms with Gasteiger partial charge in [-0.1, -0.05) is 41.4 Å². The van der Waals surface area contributed by atoms with Gasteiger partial charge in [-0.3, -0.25) is 0 Å². The maximum Gasteiger partial charge on any atom is 0.226 e. The summed E-state index contributed by atoms with van der Waals surface area (Å²) in [6.45, 7) is 2.12. The Morgan fingerprint density at radius 1 is 1.09 bits per heavy atom. The number of rotatable bonds is 4. The number of hydrogen-bond acceptors (Lipinski definition) is 3. The molecule has 0 fully saturated rings. The van der Waals surface area contributed by atoms with E-state index >= 15 is 0 Å². The molecule has 0 unspecified atom stereocenters. The zero-order valence-corrected chi connectivity index (χ0v) is 13.4. The lowest BCUT2D eigenvalue weighted by molar-refractivity contribution is 0.299. The molecule has 0 radical (unpaired) electrons. The fraction of sp³-hybridized carbons (Fsp3) is 0.118. The molecule has 2 aromatic carbocycles. The summed E-state index contributed by atoms with van der Waals surface area (Å²) < 4.78 is 11.4. The second kappa shape index (κ2) is 6.42. The fourth-order valence-corrected chi connectivity index (χ4v) is 2.33. The van der Waals surface area contributed by atoms with Gasteiger partial charge in [0.25, 0.3) is 0 Å². The maximum absolute atomic E-state index is 6.08. The van der Waals surface area contributed by atoms with Crippen LogP contribution in [0.2, 0.25) is 10.0 Å². The van der Waals surface area contributed by atoms with E-state index in [-0.39, 0.29) is 6.61 Å². The second-order valence-corrected chi connectivity index (χ2v) is 5.59. The number of benzene rings is 2. The van der Waals surface area contributed by atoms with E-state index in [0.29, 0.717) is 21.7 Å². The second-order valence-electron chi connectivity index (χ2n) is 4.75. The van der Waals surface area contributed by atoms with Crippen molar-refractivity contribution in [1.82, 2.24) is 4.98 Å². The third-order valence-electron chi connectivity index (χ3n) is 3.17. The molecular formula is C17H13Cl2NO2. The van der Waals surface area contributed by atoms with Gasteiger partial charge in [0.1, 0.15) is 23.8 Å². The number of aromatic nitrogens is 1. The van der Waals surface area contributed by atoms with Gasteiger partial charge in [0, 0.05) is 16.7 Å². The molecule has 0 saturated carbocycles. The Hall–Kier alpha value is -1.97. The number of halogens is 2. The number of nitrogens with zero attached hydrogens (tertiary/aromatic N) is 1. The van der Waals surface area contributed by atoms with E-state index in [9.17, 15) is 0 Å². The summed E-state index contributed by atoms with van der Waals surface area (Å²) in [6, 6.07) is 14.8. The van der Waals surface area contributed by atoms with E-state index in [1.807, 2.05) is 37.3 Å². The van der Waals surface area contributed by atoms with Crippen LogP contribution in [-0.2, 0) is 6.61 Å².